The van der Waals surface area contributed by atoms with Crippen molar-refractivity contribution in [2.45, 2.75) is 101 Å². The predicted molar refractivity (Wildman–Crippen MR) is 129 cm³/mol. The Morgan fingerprint density at radius 3 is 2.03 bits per heavy atom. The van der Waals surface area contributed by atoms with Gasteiger partial charge in [-0.1, -0.05) is 61.3 Å². The molecule has 0 spiro atoms. The summed E-state index contributed by atoms with van der Waals surface area (Å²) < 4.78 is 14.1. The van der Waals surface area contributed by atoms with Crippen LogP contribution in [0.4, 0.5) is 10.1 Å². The van der Waals surface area contributed by atoms with Gasteiger partial charge in [0.2, 0.25) is 0 Å². The average molecular weight is 415 g/mol. The summed E-state index contributed by atoms with van der Waals surface area (Å²) in [6, 6.07) is 6.28. The zero-order valence-electron chi connectivity index (χ0n) is 21.0. The van der Waals surface area contributed by atoms with Crippen LogP contribution in [0.1, 0.15) is 101 Å². The number of alkyl halides is 1. The molecule has 0 aliphatic carbocycles. The van der Waals surface area contributed by atoms with Crippen LogP contribution in [0.25, 0.3) is 0 Å². The molecule has 30 heavy (non-hydrogen) atoms. The number of hydrogen-bond acceptors (Lipinski definition) is 2. The van der Waals surface area contributed by atoms with Gasteiger partial charge in [0.1, 0.15) is 5.67 Å². The highest BCUT2D eigenvalue weighted by atomic mass is 19.1. The first-order valence-corrected chi connectivity index (χ1v) is 11.2. The number of halogens is 1. The van der Waals surface area contributed by atoms with Crippen LogP contribution < -0.4 is 4.90 Å². The van der Waals surface area contributed by atoms with Crippen LogP contribution in [0.3, 0.4) is 0 Å². The Hall–Kier alpha value is -1.82. The van der Waals surface area contributed by atoms with Crippen LogP contribution in [0.5, 0.6) is 0 Å². The third-order valence-corrected chi connectivity index (χ3v) is 6.61. The average Bonchev–Trinajstić information content (AvgIpc) is 2.63. The summed E-state index contributed by atoms with van der Waals surface area (Å²) in [5.74, 6) is 0. The number of hydrogen-bond donors (Lipinski definition) is 0. The largest absolute Gasteiger partial charge is 0.276 e. The number of terminal acetylenes is 1. The van der Waals surface area contributed by atoms with Gasteiger partial charge in [0, 0.05) is 12.2 Å². The second-order valence-electron chi connectivity index (χ2n) is 11.1. The Morgan fingerprint density at radius 2 is 1.63 bits per heavy atom. The number of anilines is 1. The molecule has 1 rings (SSSR count). The predicted octanol–water partition coefficient (Wildman–Crippen LogP) is 8.25. The van der Waals surface area contributed by atoms with E-state index < -0.39 is 5.67 Å². The van der Waals surface area contributed by atoms with Gasteiger partial charge in [-0.15, -0.1) is 0 Å². The molecule has 0 saturated carbocycles. The van der Waals surface area contributed by atoms with Crippen LogP contribution in [0.15, 0.2) is 30.1 Å². The minimum absolute atomic E-state index is 0.0384. The molecule has 0 bridgehead atoms. The third-order valence-electron chi connectivity index (χ3n) is 6.61. The van der Waals surface area contributed by atoms with Gasteiger partial charge in [-0.05, 0) is 74.0 Å². The Bertz CT molecular complexity index is 760. The van der Waals surface area contributed by atoms with E-state index in [1.165, 1.54) is 32.3 Å². The van der Waals surface area contributed by atoms with E-state index in [9.17, 15) is 4.39 Å². The van der Waals surface area contributed by atoms with Crippen molar-refractivity contribution >= 4 is 5.69 Å². The van der Waals surface area contributed by atoms with Crippen molar-refractivity contribution in [1.29, 1.82) is 0 Å². The molecule has 2 nitrogen and oxygen atoms in total. The lowest BCUT2D eigenvalue weighted by molar-refractivity contribution is 0.127. The third kappa shape index (κ3) is 7.15. The summed E-state index contributed by atoms with van der Waals surface area (Å²) in [6.45, 7) is 21.5. The van der Waals surface area contributed by atoms with Crippen LogP contribution in [-0.2, 0) is 5.67 Å². The van der Waals surface area contributed by atoms with Crippen LogP contribution >= 0.6 is 0 Å². The second-order valence-corrected chi connectivity index (χ2v) is 11.1. The maximum Gasteiger partial charge on any atom is 0.147 e. The number of aromatic nitrogens is 1. The van der Waals surface area contributed by atoms with Crippen molar-refractivity contribution in [3.05, 3.63) is 35.8 Å². The van der Waals surface area contributed by atoms with E-state index in [0.717, 1.165) is 18.5 Å². The molecular formula is C27H43FN2. The molecule has 3 heteroatoms. The SMILES string of the molecule is C#CN(/C=C(\C)C(C)(CC)CC(C)(C)CC(C)(C)CC)c1ccc(C(C)(C)F)nc1. The van der Waals surface area contributed by atoms with E-state index in [1.54, 1.807) is 17.2 Å². The maximum absolute atomic E-state index is 14.1. The number of allylic oxidation sites excluding steroid dienone is 1. The van der Waals surface area contributed by atoms with Crippen molar-refractivity contribution in [3.8, 4) is 12.5 Å². The van der Waals surface area contributed by atoms with E-state index >= 15 is 0 Å². The fourth-order valence-corrected chi connectivity index (χ4v) is 4.50. The normalized spacial score (nSPS) is 15.5. The maximum atomic E-state index is 14.1. The quantitative estimate of drug-likeness (QED) is 0.283. The smallest absolute Gasteiger partial charge is 0.147 e. The van der Waals surface area contributed by atoms with Crippen molar-refractivity contribution in [2.24, 2.45) is 16.2 Å². The lowest BCUT2D eigenvalue weighted by Gasteiger charge is -2.42. The summed E-state index contributed by atoms with van der Waals surface area (Å²) in [5.41, 5.74) is 1.55. The molecule has 1 aromatic rings. The van der Waals surface area contributed by atoms with Crippen LogP contribution in [-0.4, -0.2) is 4.98 Å². The number of nitrogens with zero attached hydrogens (tertiary/aromatic N) is 2. The molecule has 0 fully saturated rings. The number of pyridine rings is 1. The van der Waals surface area contributed by atoms with Gasteiger partial charge < -0.3 is 0 Å². The van der Waals surface area contributed by atoms with Gasteiger partial charge in [0.15, 0.2) is 0 Å². The molecule has 0 aromatic carbocycles. The van der Waals surface area contributed by atoms with Gasteiger partial charge in [-0.3, -0.25) is 9.88 Å². The van der Waals surface area contributed by atoms with E-state index in [0.29, 0.717) is 11.1 Å². The van der Waals surface area contributed by atoms with Gasteiger partial charge in [0.05, 0.1) is 17.6 Å². The standard InChI is InChI=1S/C27H43FN2/c1-12-24(5,6)19-25(7,8)20-27(11,13-2)21(4)18-30(14-3)22-15-16-23(29-17-22)26(9,10)28/h3,15-18H,12-13,19-20H2,1-2,4-11H3/b21-18+. The second kappa shape index (κ2) is 9.54. The van der Waals surface area contributed by atoms with Gasteiger partial charge in [-0.25, -0.2) is 4.39 Å². The van der Waals surface area contributed by atoms with E-state index in [4.69, 9.17) is 6.42 Å². The summed E-state index contributed by atoms with van der Waals surface area (Å²) >= 11 is 0. The molecular weight excluding hydrogens is 371 g/mol. The zero-order valence-corrected chi connectivity index (χ0v) is 21.0. The summed E-state index contributed by atoms with van der Waals surface area (Å²) in [6.07, 6.45) is 14.0. The summed E-state index contributed by atoms with van der Waals surface area (Å²) in [5, 5.41) is 0. The fraction of sp³-hybridized carbons (Fsp3) is 0.667. The molecule has 1 aromatic heterocycles. The first-order chi connectivity index (χ1) is 13.6. The molecule has 0 radical (unpaired) electrons. The van der Waals surface area contributed by atoms with E-state index in [2.05, 4.69) is 66.4 Å². The molecule has 1 atom stereocenters. The minimum atomic E-state index is -1.47. The molecule has 0 saturated heterocycles. The van der Waals surface area contributed by atoms with Crippen LogP contribution in [0, 0.1) is 28.7 Å². The molecule has 1 heterocycles. The summed E-state index contributed by atoms with van der Waals surface area (Å²) in [4.78, 5) is 6.03. The Kier molecular flexibility index (Phi) is 8.34. The van der Waals surface area contributed by atoms with E-state index in [1.807, 2.05) is 12.3 Å². The molecule has 0 aliphatic heterocycles. The Balaban J connectivity index is 3.15. The van der Waals surface area contributed by atoms with Gasteiger partial charge in [-0.2, -0.15) is 0 Å². The van der Waals surface area contributed by atoms with Crippen molar-refractivity contribution in [3.63, 3.8) is 0 Å². The molecule has 0 amide bonds. The van der Waals surface area contributed by atoms with Gasteiger partial charge in [0.25, 0.3) is 0 Å². The highest BCUT2D eigenvalue weighted by molar-refractivity contribution is 5.54. The Morgan fingerprint density at radius 1 is 1.03 bits per heavy atom. The lowest BCUT2D eigenvalue weighted by atomic mass is 9.64. The van der Waals surface area contributed by atoms with E-state index in [-0.39, 0.29) is 10.8 Å². The number of rotatable bonds is 10. The molecule has 0 aliphatic rings. The first kappa shape index (κ1) is 26.2. The fourth-order valence-electron chi connectivity index (χ4n) is 4.50. The monoisotopic (exact) mass is 414 g/mol. The Labute approximate surface area is 185 Å². The molecule has 168 valence electrons. The van der Waals surface area contributed by atoms with Gasteiger partial charge >= 0.3 is 0 Å². The van der Waals surface area contributed by atoms with Crippen molar-refractivity contribution in [1.82, 2.24) is 4.98 Å². The highest BCUT2D eigenvalue weighted by Gasteiger charge is 2.36. The first-order valence-electron chi connectivity index (χ1n) is 11.2. The topological polar surface area (TPSA) is 16.1 Å². The minimum Gasteiger partial charge on any atom is -0.276 e. The summed E-state index contributed by atoms with van der Waals surface area (Å²) in [7, 11) is 0. The lowest BCUT2D eigenvalue weighted by Crippen LogP contribution is -2.31. The molecule has 1 unspecified atom stereocenters. The van der Waals surface area contributed by atoms with Crippen molar-refractivity contribution in [2.75, 3.05) is 4.90 Å². The van der Waals surface area contributed by atoms with Crippen LogP contribution in [0.2, 0.25) is 0 Å². The van der Waals surface area contributed by atoms with Crippen molar-refractivity contribution < 1.29 is 4.39 Å². The molecule has 0 N–H and O–H groups in total. The zero-order chi connectivity index (χ0) is 23.4. The highest BCUT2D eigenvalue weighted by Crippen LogP contribution is 2.47.